The minimum Gasteiger partial charge on any atom is -0.376 e. The zero-order valence-corrected chi connectivity index (χ0v) is 13.0. The predicted octanol–water partition coefficient (Wildman–Crippen LogP) is 3.03. The lowest BCUT2D eigenvalue weighted by Gasteiger charge is -2.33. The fourth-order valence-electron chi connectivity index (χ4n) is 2.64. The number of likely N-dealkylation sites (tertiary alicyclic amines) is 1. The van der Waals surface area contributed by atoms with E-state index in [4.69, 9.17) is 4.74 Å². The molecule has 0 aromatic heterocycles. The molecular weight excluding hydrogens is 264 g/mol. The summed E-state index contributed by atoms with van der Waals surface area (Å²) in [6.07, 6.45) is 2.20. The number of urea groups is 1. The van der Waals surface area contributed by atoms with Crippen LogP contribution in [0.1, 0.15) is 32.3 Å². The van der Waals surface area contributed by atoms with Gasteiger partial charge in [0.1, 0.15) is 0 Å². The number of rotatable bonds is 5. The molecule has 1 atom stereocenters. The smallest absolute Gasteiger partial charge is 0.317 e. The monoisotopic (exact) mass is 290 g/mol. The Labute approximate surface area is 127 Å². The molecule has 1 heterocycles. The molecule has 1 aromatic carbocycles. The summed E-state index contributed by atoms with van der Waals surface area (Å²) in [4.78, 5) is 13.9. The van der Waals surface area contributed by atoms with E-state index in [2.05, 4.69) is 17.4 Å². The average molecular weight is 290 g/mol. The maximum atomic E-state index is 12.0. The molecule has 2 amide bonds. The lowest BCUT2D eigenvalue weighted by molar-refractivity contribution is 0.0589. The number of benzene rings is 1. The number of nitrogens with one attached hydrogen (secondary N) is 1. The summed E-state index contributed by atoms with van der Waals surface area (Å²) in [5.74, 6) is 0.445. The second-order valence-electron chi connectivity index (χ2n) is 6.06. The number of hydrogen-bond donors (Lipinski definition) is 1. The van der Waals surface area contributed by atoms with Crippen molar-refractivity contribution in [3.8, 4) is 0 Å². The summed E-state index contributed by atoms with van der Waals surface area (Å²) >= 11 is 0. The second kappa shape index (κ2) is 8.03. The zero-order chi connectivity index (χ0) is 15.1. The maximum absolute atomic E-state index is 12.0. The fraction of sp³-hybridized carbons (Fsp3) is 0.588. The van der Waals surface area contributed by atoms with Crippen LogP contribution in [0.3, 0.4) is 0 Å². The van der Waals surface area contributed by atoms with Gasteiger partial charge in [0, 0.05) is 25.0 Å². The van der Waals surface area contributed by atoms with Gasteiger partial charge in [-0.05, 0) is 32.3 Å². The molecule has 21 heavy (non-hydrogen) atoms. The van der Waals surface area contributed by atoms with E-state index in [-0.39, 0.29) is 12.1 Å². The van der Waals surface area contributed by atoms with Crippen LogP contribution in [-0.4, -0.2) is 36.7 Å². The third-order valence-electron chi connectivity index (χ3n) is 3.68. The first-order valence-electron chi connectivity index (χ1n) is 7.82. The van der Waals surface area contributed by atoms with Gasteiger partial charge < -0.3 is 15.0 Å². The van der Waals surface area contributed by atoms with Crippen molar-refractivity contribution in [1.82, 2.24) is 10.2 Å². The lowest BCUT2D eigenvalue weighted by Crippen LogP contribution is -2.48. The minimum atomic E-state index is 0.0535. The second-order valence-corrected chi connectivity index (χ2v) is 6.06. The van der Waals surface area contributed by atoms with Gasteiger partial charge in [-0.2, -0.15) is 0 Å². The molecule has 0 spiro atoms. The van der Waals surface area contributed by atoms with Crippen molar-refractivity contribution in [3.63, 3.8) is 0 Å². The van der Waals surface area contributed by atoms with Crippen LogP contribution in [-0.2, 0) is 11.3 Å². The van der Waals surface area contributed by atoms with Crippen LogP contribution >= 0.6 is 0 Å². The number of piperidine rings is 1. The largest absolute Gasteiger partial charge is 0.376 e. The van der Waals surface area contributed by atoms with Gasteiger partial charge in [-0.25, -0.2) is 4.79 Å². The summed E-state index contributed by atoms with van der Waals surface area (Å²) < 4.78 is 5.81. The average Bonchev–Trinajstić information content (AvgIpc) is 2.48. The van der Waals surface area contributed by atoms with Crippen molar-refractivity contribution in [3.05, 3.63) is 35.9 Å². The zero-order valence-electron chi connectivity index (χ0n) is 13.0. The molecule has 1 saturated heterocycles. The van der Waals surface area contributed by atoms with Gasteiger partial charge in [0.15, 0.2) is 0 Å². The third kappa shape index (κ3) is 5.38. The van der Waals surface area contributed by atoms with Gasteiger partial charge in [0.2, 0.25) is 0 Å². The number of carbonyl (C=O) groups is 1. The van der Waals surface area contributed by atoms with Crippen LogP contribution in [0.25, 0.3) is 0 Å². The quantitative estimate of drug-likeness (QED) is 0.905. The van der Waals surface area contributed by atoms with E-state index in [1.165, 1.54) is 5.56 Å². The Bertz CT molecular complexity index is 434. The van der Waals surface area contributed by atoms with Crippen molar-refractivity contribution in [2.75, 3.05) is 19.7 Å². The van der Waals surface area contributed by atoms with Crippen LogP contribution in [0, 0.1) is 5.92 Å². The molecule has 1 aromatic rings. The molecular formula is C17H26N2O2. The topological polar surface area (TPSA) is 41.6 Å². The highest BCUT2D eigenvalue weighted by atomic mass is 16.5. The van der Waals surface area contributed by atoms with Crippen LogP contribution in [0.2, 0.25) is 0 Å². The lowest BCUT2D eigenvalue weighted by atomic mass is 9.99. The van der Waals surface area contributed by atoms with Gasteiger partial charge in [0.05, 0.1) is 13.2 Å². The van der Waals surface area contributed by atoms with Gasteiger partial charge in [-0.3, -0.25) is 0 Å². The first-order valence-corrected chi connectivity index (χ1v) is 7.82. The van der Waals surface area contributed by atoms with Crippen molar-refractivity contribution in [2.45, 2.75) is 39.3 Å². The van der Waals surface area contributed by atoms with E-state index in [0.29, 0.717) is 12.5 Å². The Morgan fingerprint density at radius 2 is 2.14 bits per heavy atom. The van der Waals surface area contributed by atoms with E-state index in [1.807, 2.05) is 36.9 Å². The van der Waals surface area contributed by atoms with Crippen molar-refractivity contribution >= 4 is 6.03 Å². The molecule has 1 fully saturated rings. The number of hydrogen-bond acceptors (Lipinski definition) is 2. The first kappa shape index (κ1) is 15.8. The Kier molecular flexibility index (Phi) is 6.05. The molecule has 0 bridgehead atoms. The minimum absolute atomic E-state index is 0.0535. The standard InChI is InChI=1S/C17H26N2O2/c1-14(2)18-17(20)19-10-6-9-16(11-19)13-21-12-15-7-4-3-5-8-15/h3-5,7-8,14,16H,6,9-13H2,1-2H3,(H,18,20). The molecule has 4 nitrogen and oxygen atoms in total. The fourth-order valence-corrected chi connectivity index (χ4v) is 2.64. The van der Waals surface area contributed by atoms with Crippen LogP contribution in [0.5, 0.6) is 0 Å². The summed E-state index contributed by atoms with van der Waals surface area (Å²) in [7, 11) is 0. The van der Waals surface area contributed by atoms with Crippen LogP contribution < -0.4 is 5.32 Å². The van der Waals surface area contributed by atoms with E-state index >= 15 is 0 Å². The van der Waals surface area contributed by atoms with Crippen molar-refractivity contribution in [2.24, 2.45) is 5.92 Å². The third-order valence-corrected chi connectivity index (χ3v) is 3.68. The Balaban J connectivity index is 1.72. The van der Waals surface area contributed by atoms with Crippen LogP contribution in [0.15, 0.2) is 30.3 Å². The highest BCUT2D eigenvalue weighted by Gasteiger charge is 2.23. The normalized spacial score (nSPS) is 18.8. The highest BCUT2D eigenvalue weighted by molar-refractivity contribution is 5.74. The van der Waals surface area contributed by atoms with E-state index in [9.17, 15) is 4.79 Å². The Hall–Kier alpha value is -1.55. The number of ether oxygens (including phenoxy) is 1. The molecule has 1 N–H and O–H groups in total. The van der Waals surface area contributed by atoms with Crippen molar-refractivity contribution < 1.29 is 9.53 Å². The molecule has 116 valence electrons. The number of carbonyl (C=O) groups excluding carboxylic acids is 1. The van der Waals surface area contributed by atoms with Crippen molar-refractivity contribution in [1.29, 1.82) is 0 Å². The molecule has 4 heteroatoms. The van der Waals surface area contributed by atoms with Gasteiger partial charge in [-0.15, -0.1) is 0 Å². The molecule has 1 unspecified atom stereocenters. The van der Waals surface area contributed by atoms with Crippen LogP contribution in [0.4, 0.5) is 4.79 Å². The summed E-state index contributed by atoms with van der Waals surface area (Å²) in [5, 5.41) is 2.96. The first-order chi connectivity index (χ1) is 10.1. The maximum Gasteiger partial charge on any atom is 0.317 e. The van der Waals surface area contributed by atoms with E-state index in [0.717, 1.165) is 32.5 Å². The number of amides is 2. The molecule has 1 aliphatic heterocycles. The van der Waals surface area contributed by atoms with E-state index < -0.39 is 0 Å². The summed E-state index contributed by atoms with van der Waals surface area (Å²) in [6, 6.07) is 10.4. The Morgan fingerprint density at radius 3 is 2.86 bits per heavy atom. The Morgan fingerprint density at radius 1 is 1.38 bits per heavy atom. The highest BCUT2D eigenvalue weighted by Crippen LogP contribution is 2.17. The van der Waals surface area contributed by atoms with Gasteiger partial charge in [-0.1, -0.05) is 30.3 Å². The predicted molar refractivity (Wildman–Crippen MR) is 84.1 cm³/mol. The van der Waals surface area contributed by atoms with Gasteiger partial charge >= 0.3 is 6.03 Å². The van der Waals surface area contributed by atoms with E-state index in [1.54, 1.807) is 0 Å². The SMILES string of the molecule is CC(C)NC(=O)N1CCCC(COCc2ccccc2)C1. The summed E-state index contributed by atoms with van der Waals surface area (Å²) in [5.41, 5.74) is 1.20. The molecule has 0 aliphatic carbocycles. The number of nitrogens with zero attached hydrogens (tertiary/aromatic N) is 1. The van der Waals surface area contributed by atoms with Gasteiger partial charge in [0.25, 0.3) is 0 Å². The molecule has 1 aliphatic rings. The summed E-state index contributed by atoms with van der Waals surface area (Å²) in [6.45, 7) is 7.00. The molecule has 2 rings (SSSR count). The molecule has 0 radical (unpaired) electrons. The molecule has 0 saturated carbocycles.